The van der Waals surface area contributed by atoms with Crippen molar-refractivity contribution in [2.45, 2.75) is 31.1 Å². The minimum atomic E-state index is -2.70. The van der Waals surface area contributed by atoms with Crippen molar-refractivity contribution in [1.82, 2.24) is 19.9 Å². The molecule has 4 rings (SSSR count). The van der Waals surface area contributed by atoms with Gasteiger partial charge in [-0.25, -0.2) is 13.8 Å². The fourth-order valence-electron chi connectivity index (χ4n) is 3.44. The van der Waals surface area contributed by atoms with E-state index in [0.29, 0.717) is 31.3 Å². The Morgan fingerprint density at radius 1 is 1.13 bits per heavy atom. The summed E-state index contributed by atoms with van der Waals surface area (Å²) in [5, 5.41) is 0. The molecule has 2 aromatic heterocycles. The highest BCUT2D eigenvalue weighted by atomic mass is 19.3. The first-order chi connectivity index (χ1) is 14.4. The van der Waals surface area contributed by atoms with Crippen LogP contribution in [0.2, 0.25) is 0 Å². The van der Waals surface area contributed by atoms with Gasteiger partial charge in [0.25, 0.3) is 5.92 Å². The molecule has 1 aliphatic heterocycles. The van der Waals surface area contributed by atoms with E-state index in [-0.39, 0.29) is 42.4 Å². The van der Waals surface area contributed by atoms with Crippen LogP contribution in [0.5, 0.6) is 6.01 Å². The van der Waals surface area contributed by atoms with Crippen molar-refractivity contribution in [1.29, 1.82) is 0 Å². The standard InChI is InChI=1S/C19H20F2N6O3/c20-19(21)7-12(19)10-30-18-25-16(9-29)24-17(26-18)27-5-3-11(4-6-27)14-2-1-13(22)15(8-28)23-14/h1-2,8-9,11-12H,3-7,10,22H2. The van der Waals surface area contributed by atoms with Gasteiger partial charge >= 0.3 is 6.01 Å². The monoisotopic (exact) mass is 418 g/mol. The normalized spacial score (nSPS) is 20.6. The number of aldehydes is 2. The Kier molecular flexibility index (Phi) is 5.27. The molecule has 2 aromatic rings. The second-order valence-electron chi connectivity index (χ2n) is 7.46. The molecular weight excluding hydrogens is 398 g/mol. The number of nitrogen functional groups attached to an aromatic ring is 1. The Bertz CT molecular complexity index is 965. The predicted octanol–water partition coefficient (Wildman–Crippen LogP) is 1.89. The molecule has 0 spiro atoms. The fraction of sp³-hybridized carbons (Fsp3) is 0.474. The highest BCUT2D eigenvalue weighted by molar-refractivity contribution is 5.80. The van der Waals surface area contributed by atoms with Crippen molar-refractivity contribution in [3.8, 4) is 6.01 Å². The third-order valence-electron chi connectivity index (χ3n) is 5.38. The van der Waals surface area contributed by atoms with Crippen LogP contribution >= 0.6 is 0 Å². The van der Waals surface area contributed by atoms with E-state index in [1.807, 2.05) is 11.0 Å². The van der Waals surface area contributed by atoms with Crippen LogP contribution in [0.15, 0.2) is 12.1 Å². The van der Waals surface area contributed by atoms with Crippen LogP contribution in [-0.2, 0) is 0 Å². The number of piperidine rings is 1. The van der Waals surface area contributed by atoms with Crippen LogP contribution in [0.1, 0.15) is 52.0 Å². The Labute approximate surface area is 170 Å². The lowest BCUT2D eigenvalue weighted by atomic mass is 9.93. The van der Waals surface area contributed by atoms with Gasteiger partial charge in [0.05, 0.1) is 11.6 Å². The van der Waals surface area contributed by atoms with Gasteiger partial charge in [0.1, 0.15) is 12.3 Å². The molecule has 11 heteroatoms. The summed E-state index contributed by atoms with van der Waals surface area (Å²) in [4.78, 5) is 40.6. The molecule has 30 heavy (non-hydrogen) atoms. The average molecular weight is 418 g/mol. The third-order valence-corrected chi connectivity index (χ3v) is 5.38. The van der Waals surface area contributed by atoms with E-state index >= 15 is 0 Å². The van der Waals surface area contributed by atoms with Crippen molar-refractivity contribution < 1.29 is 23.1 Å². The number of pyridine rings is 1. The van der Waals surface area contributed by atoms with Crippen molar-refractivity contribution in [3.05, 3.63) is 29.3 Å². The second-order valence-corrected chi connectivity index (χ2v) is 7.46. The topological polar surface area (TPSA) is 124 Å². The zero-order valence-corrected chi connectivity index (χ0v) is 16.0. The first-order valence-electron chi connectivity index (χ1n) is 9.58. The molecule has 1 saturated carbocycles. The van der Waals surface area contributed by atoms with Crippen LogP contribution in [0, 0.1) is 5.92 Å². The summed E-state index contributed by atoms with van der Waals surface area (Å²) in [6.07, 6.45) is 2.34. The maximum absolute atomic E-state index is 13.0. The summed E-state index contributed by atoms with van der Waals surface area (Å²) in [5.41, 5.74) is 7.09. The molecule has 2 fully saturated rings. The largest absolute Gasteiger partial charge is 0.463 e. The van der Waals surface area contributed by atoms with Crippen molar-refractivity contribution >= 4 is 24.2 Å². The molecule has 2 N–H and O–H groups in total. The van der Waals surface area contributed by atoms with Crippen LogP contribution in [0.4, 0.5) is 20.4 Å². The number of carbonyl (C=O) groups is 2. The van der Waals surface area contributed by atoms with Gasteiger partial charge in [0.2, 0.25) is 11.8 Å². The molecule has 0 bridgehead atoms. The maximum atomic E-state index is 13.0. The van der Waals surface area contributed by atoms with Crippen LogP contribution < -0.4 is 15.4 Å². The summed E-state index contributed by atoms with van der Waals surface area (Å²) in [6, 6.07) is 3.35. The number of hydrogen-bond acceptors (Lipinski definition) is 9. The lowest BCUT2D eigenvalue weighted by Crippen LogP contribution is -2.35. The number of aromatic nitrogens is 4. The number of hydrogen-bond donors (Lipinski definition) is 1. The molecular formula is C19H20F2N6O3. The number of anilines is 2. The maximum Gasteiger partial charge on any atom is 0.321 e. The van der Waals surface area contributed by atoms with Gasteiger partial charge < -0.3 is 15.4 Å². The Morgan fingerprint density at radius 2 is 1.87 bits per heavy atom. The predicted molar refractivity (Wildman–Crippen MR) is 102 cm³/mol. The zero-order chi connectivity index (χ0) is 21.3. The second kappa shape index (κ2) is 7.88. The van der Waals surface area contributed by atoms with E-state index in [0.717, 1.165) is 18.5 Å². The minimum Gasteiger partial charge on any atom is -0.463 e. The zero-order valence-electron chi connectivity index (χ0n) is 16.0. The van der Waals surface area contributed by atoms with Gasteiger partial charge in [-0.15, -0.1) is 0 Å². The Morgan fingerprint density at radius 3 is 2.50 bits per heavy atom. The fourth-order valence-corrected chi connectivity index (χ4v) is 3.44. The molecule has 1 aliphatic carbocycles. The molecule has 2 aliphatic rings. The molecule has 0 aromatic carbocycles. The number of nitrogens with two attached hydrogens (primary N) is 1. The number of alkyl halides is 2. The van der Waals surface area contributed by atoms with Gasteiger partial charge in [0, 0.05) is 31.1 Å². The van der Waals surface area contributed by atoms with E-state index in [9.17, 15) is 18.4 Å². The smallest absolute Gasteiger partial charge is 0.321 e. The van der Waals surface area contributed by atoms with Crippen LogP contribution in [0.25, 0.3) is 0 Å². The molecule has 0 radical (unpaired) electrons. The average Bonchev–Trinajstić information content (AvgIpc) is 3.38. The van der Waals surface area contributed by atoms with E-state index in [2.05, 4.69) is 19.9 Å². The Balaban J connectivity index is 1.43. The first kappa shape index (κ1) is 20.0. The molecule has 3 heterocycles. The van der Waals surface area contributed by atoms with Crippen molar-refractivity contribution in [3.63, 3.8) is 0 Å². The van der Waals surface area contributed by atoms with Gasteiger partial charge in [-0.1, -0.05) is 0 Å². The van der Waals surface area contributed by atoms with Gasteiger partial charge in [-0.2, -0.15) is 15.0 Å². The summed E-state index contributed by atoms with van der Waals surface area (Å²) in [5.74, 6) is -3.26. The summed E-state index contributed by atoms with van der Waals surface area (Å²) in [6.45, 7) is 0.948. The van der Waals surface area contributed by atoms with Crippen LogP contribution in [-0.4, -0.2) is 58.1 Å². The summed E-state index contributed by atoms with van der Waals surface area (Å²) < 4.78 is 31.3. The highest BCUT2D eigenvalue weighted by Crippen LogP contribution is 2.48. The number of ether oxygens (including phenoxy) is 1. The number of carbonyl (C=O) groups excluding carboxylic acids is 2. The van der Waals surface area contributed by atoms with E-state index < -0.39 is 11.8 Å². The first-order valence-corrected chi connectivity index (χ1v) is 9.58. The van der Waals surface area contributed by atoms with Gasteiger partial charge in [0.15, 0.2) is 12.6 Å². The SMILES string of the molecule is Nc1ccc(C2CCN(c3nc(C=O)nc(OCC4CC4(F)F)n3)CC2)nc1C=O. The number of rotatable bonds is 7. The van der Waals surface area contributed by atoms with Crippen LogP contribution in [0.3, 0.4) is 0 Å². The lowest BCUT2D eigenvalue weighted by molar-refractivity contribution is 0.0840. The highest BCUT2D eigenvalue weighted by Gasteiger charge is 2.57. The van der Waals surface area contributed by atoms with Crippen molar-refractivity contribution in [2.24, 2.45) is 5.92 Å². The number of halogens is 2. The van der Waals surface area contributed by atoms with E-state index in [1.165, 1.54) is 0 Å². The molecule has 0 amide bonds. The molecule has 9 nitrogen and oxygen atoms in total. The lowest BCUT2D eigenvalue weighted by Gasteiger charge is -2.31. The van der Waals surface area contributed by atoms with E-state index in [1.54, 1.807) is 6.07 Å². The minimum absolute atomic E-state index is 0.115. The van der Waals surface area contributed by atoms with Gasteiger partial charge in [-0.3, -0.25) is 9.59 Å². The van der Waals surface area contributed by atoms with Crippen molar-refractivity contribution in [2.75, 3.05) is 30.3 Å². The molecule has 1 atom stereocenters. The van der Waals surface area contributed by atoms with Gasteiger partial charge in [-0.05, 0) is 25.0 Å². The summed E-state index contributed by atoms with van der Waals surface area (Å²) >= 11 is 0. The Hall–Kier alpha value is -3.24. The molecule has 1 unspecified atom stereocenters. The summed E-state index contributed by atoms with van der Waals surface area (Å²) in [7, 11) is 0. The quantitative estimate of drug-likeness (QED) is 0.671. The van der Waals surface area contributed by atoms with E-state index in [4.69, 9.17) is 10.5 Å². The third kappa shape index (κ3) is 4.19. The molecule has 158 valence electrons. The molecule has 1 saturated heterocycles. The number of nitrogens with zero attached hydrogens (tertiary/aromatic N) is 5.